The molecule has 1 N–H and O–H groups in total. The number of carbonyl (C=O) groups excluding carboxylic acids is 1. The first-order valence-corrected chi connectivity index (χ1v) is 5.84. The van der Waals surface area contributed by atoms with E-state index in [2.05, 4.69) is 15.3 Å². The van der Waals surface area contributed by atoms with Crippen LogP contribution in [0.4, 0.5) is 5.95 Å². The lowest BCUT2D eigenvalue weighted by Gasteiger charge is -2.04. The molecule has 1 heterocycles. The van der Waals surface area contributed by atoms with Crippen molar-refractivity contribution >= 4 is 23.3 Å². The third kappa shape index (κ3) is 3.28. The zero-order valence-corrected chi connectivity index (χ0v) is 10.6. The van der Waals surface area contributed by atoms with Gasteiger partial charge < -0.3 is 5.32 Å². The van der Waals surface area contributed by atoms with Crippen LogP contribution in [0.1, 0.15) is 6.92 Å². The van der Waals surface area contributed by atoms with Gasteiger partial charge in [-0.2, -0.15) is 0 Å². The number of carbonyl (C=O) groups is 1. The zero-order chi connectivity index (χ0) is 13.0. The molecule has 0 amide bonds. The summed E-state index contributed by atoms with van der Waals surface area (Å²) in [4.78, 5) is 19.1. The fourth-order valence-corrected chi connectivity index (χ4v) is 1.54. The molecule has 92 valence electrons. The van der Waals surface area contributed by atoms with Crippen molar-refractivity contribution in [1.82, 2.24) is 9.97 Å². The van der Waals surface area contributed by atoms with Gasteiger partial charge in [-0.25, -0.2) is 9.97 Å². The van der Waals surface area contributed by atoms with E-state index in [4.69, 9.17) is 11.6 Å². The zero-order valence-electron chi connectivity index (χ0n) is 9.85. The molecule has 0 aliphatic rings. The third-order valence-electron chi connectivity index (χ3n) is 2.32. The summed E-state index contributed by atoms with van der Waals surface area (Å²) < 4.78 is 0. The van der Waals surface area contributed by atoms with Crippen molar-refractivity contribution in [3.05, 3.63) is 41.7 Å². The predicted molar refractivity (Wildman–Crippen MR) is 71.6 cm³/mol. The molecule has 5 heteroatoms. The number of ketones is 1. The molecule has 0 bridgehead atoms. The summed E-state index contributed by atoms with van der Waals surface area (Å²) in [6, 6.07) is 7.45. The summed E-state index contributed by atoms with van der Waals surface area (Å²) in [5.41, 5.74) is 1.90. The Hall–Kier alpha value is -1.94. The standard InChI is InChI=1S/C13H12ClN3O/c1-9(18)6-15-13-16-7-11(8-17-13)10-2-4-12(14)5-3-10/h2-5,7-8H,6H2,1H3,(H,15,16,17). The lowest BCUT2D eigenvalue weighted by Crippen LogP contribution is -2.11. The van der Waals surface area contributed by atoms with E-state index in [9.17, 15) is 4.79 Å². The maximum atomic E-state index is 10.8. The molecule has 0 unspecified atom stereocenters. The van der Waals surface area contributed by atoms with Crippen molar-refractivity contribution < 1.29 is 4.79 Å². The smallest absolute Gasteiger partial charge is 0.222 e. The predicted octanol–water partition coefficient (Wildman–Crippen LogP) is 2.80. The van der Waals surface area contributed by atoms with Crippen LogP contribution in [0.2, 0.25) is 5.02 Å². The summed E-state index contributed by atoms with van der Waals surface area (Å²) in [6.45, 7) is 1.75. The third-order valence-corrected chi connectivity index (χ3v) is 2.58. The van der Waals surface area contributed by atoms with Gasteiger partial charge in [0.25, 0.3) is 0 Å². The lowest BCUT2D eigenvalue weighted by atomic mass is 10.1. The first kappa shape index (κ1) is 12.5. The molecule has 0 aliphatic heterocycles. The summed E-state index contributed by atoms with van der Waals surface area (Å²) in [6.07, 6.45) is 3.41. The van der Waals surface area contributed by atoms with Crippen LogP contribution in [0.25, 0.3) is 11.1 Å². The van der Waals surface area contributed by atoms with Gasteiger partial charge in [-0.15, -0.1) is 0 Å². The van der Waals surface area contributed by atoms with Gasteiger partial charge in [-0.3, -0.25) is 4.79 Å². The van der Waals surface area contributed by atoms with E-state index >= 15 is 0 Å². The number of hydrogen-bond acceptors (Lipinski definition) is 4. The number of rotatable bonds is 4. The van der Waals surface area contributed by atoms with E-state index in [1.54, 1.807) is 12.4 Å². The Labute approximate surface area is 110 Å². The topological polar surface area (TPSA) is 54.9 Å². The number of nitrogens with one attached hydrogen (secondary N) is 1. The van der Waals surface area contributed by atoms with E-state index in [0.717, 1.165) is 11.1 Å². The van der Waals surface area contributed by atoms with Crippen molar-refractivity contribution in [3.8, 4) is 11.1 Å². The molecule has 0 atom stereocenters. The van der Waals surface area contributed by atoms with Crippen LogP contribution in [-0.2, 0) is 4.79 Å². The second-order valence-corrected chi connectivity index (χ2v) is 4.29. The Balaban J connectivity index is 2.12. The molecule has 4 nitrogen and oxygen atoms in total. The molecular formula is C13H12ClN3O. The van der Waals surface area contributed by atoms with Crippen LogP contribution in [0.15, 0.2) is 36.7 Å². The minimum Gasteiger partial charge on any atom is -0.347 e. The second-order valence-electron chi connectivity index (χ2n) is 3.86. The van der Waals surface area contributed by atoms with Crippen LogP contribution >= 0.6 is 11.6 Å². The molecule has 2 rings (SSSR count). The number of hydrogen-bond donors (Lipinski definition) is 1. The molecule has 1 aromatic carbocycles. The van der Waals surface area contributed by atoms with E-state index in [-0.39, 0.29) is 12.3 Å². The van der Waals surface area contributed by atoms with E-state index in [0.29, 0.717) is 11.0 Å². The highest BCUT2D eigenvalue weighted by molar-refractivity contribution is 6.30. The van der Waals surface area contributed by atoms with Crippen molar-refractivity contribution in [3.63, 3.8) is 0 Å². The molecule has 18 heavy (non-hydrogen) atoms. The van der Waals surface area contributed by atoms with Crippen LogP contribution in [0.5, 0.6) is 0 Å². The fourth-order valence-electron chi connectivity index (χ4n) is 1.41. The number of halogens is 1. The molecule has 0 saturated heterocycles. The van der Waals surface area contributed by atoms with E-state index in [1.165, 1.54) is 6.92 Å². The van der Waals surface area contributed by atoms with Gasteiger partial charge in [0.2, 0.25) is 5.95 Å². The summed E-state index contributed by atoms with van der Waals surface area (Å²) in [5.74, 6) is 0.489. The Kier molecular flexibility index (Phi) is 3.89. The van der Waals surface area contributed by atoms with Gasteiger partial charge in [0, 0.05) is 23.0 Å². The van der Waals surface area contributed by atoms with Crippen LogP contribution in [0, 0.1) is 0 Å². The molecule has 2 aromatic rings. The highest BCUT2D eigenvalue weighted by Gasteiger charge is 2.01. The minimum atomic E-state index is 0.0420. The van der Waals surface area contributed by atoms with Crippen LogP contribution in [0.3, 0.4) is 0 Å². The van der Waals surface area contributed by atoms with Gasteiger partial charge in [-0.1, -0.05) is 23.7 Å². The maximum Gasteiger partial charge on any atom is 0.222 e. The molecule has 0 fully saturated rings. The van der Waals surface area contributed by atoms with Gasteiger partial charge in [-0.05, 0) is 24.6 Å². The normalized spacial score (nSPS) is 10.1. The number of nitrogens with zero attached hydrogens (tertiary/aromatic N) is 2. The molecule has 0 spiro atoms. The molecular weight excluding hydrogens is 250 g/mol. The fraction of sp³-hybridized carbons (Fsp3) is 0.154. The number of benzene rings is 1. The summed E-state index contributed by atoms with van der Waals surface area (Å²) in [5, 5.41) is 3.53. The Morgan fingerprint density at radius 1 is 1.17 bits per heavy atom. The second kappa shape index (κ2) is 5.60. The average Bonchev–Trinajstić information content (AvgIpc) is 2.38. The van der Waals surface area contributed by atoms with Crippen molar-refractivity contribution in [2.75, 3.05) is 11.9 Å². The Bertz CT molecular complexity index is 537. The van der Waals surface area contributed by atoms with Gasteiger partial charge in [0.05, 0.1) is 6.54 Å². The van der Waals surface area contributed by atoms with Crippen LogP contribution < -0.4 is 5.32 Å². The van der Waals surface area contributed by atoms with E-state index in [1.807, 2.05) is 24.3 Å². The SMILES string of the molecule is CC(=O)CNc1ncc(-c2ccc(Cl)cc2)cn1. The first-order chi connectivity index (χ1) is 8.65. The largest absolute Gasteiger partial charge is 0.347 e. The molecule has 0 saturated carbocycles. The van der Waals surface area contributed by atoms with Gasteiger partial charge in [0.15, 0.2) is 0 Å². The minimum absolute atomic E-state index is 0.0420. The maximum absolute atomic E-state index is 10.8. The molecule has 1 aromatic heterocycles. The van der Waals surface area contributed by atoms with Crippen molar-refractivity contribution in [1.29, 1.82) is 0 Å². The number of anilines is 1. The molecule has 0 aliphatic carbocycles. The van der Waals surface area contributed by atoms with Crippen molar-refractivity contribution in [2.45, 2.75) is 6.92 Å². The lowest BCUT2D eigenvalue weighted by molar-refractivity contribution is -0.115. The van der Waals surface area contributed by atoms with Gasteiger partial charge in [0.1, 0.15) is 5.78 Å². The van der Waals surface area contributed by atoms with Crippen molar-refractivity contribution in [2.24, 2.45) is 0 Å². The van der Waals surface area contributed by atoms with Crippen LogP contribution in [-0.4, -0.2) is 22.3 Å². The first-order valence-electron chi connectivity index (χ1n) is 5.46. The quantitative estimate of drug-likeness (QED) is 0.920. The van der Waals surface area contributed by atoms with E-state index < -0.39 is 0 Å². The average molecular weight is 262 g/mol. The number of Topliss-reactive ketones (excluding diaryl/α,β-unsaturated/α-hetero) is 1. The summed E-state index contributed by atoms with van der Waals surface area (Å²) >= 11 is 5.82. The monoisotopic (exact) mass is 261 g/mol. The Morgan fingerprint density at radius 3 is 2.33 bits per heavy atom. The van der Waals surface area contributed by atoms with Gasteiger partial charge >= 0.3 is 0 Å². The number of aromatic nitrogens is 2. The highest BCUT2D eigenvalue weighted by Crippen LogP contribution is 2.20. The molecule has 0 radical (unpaired) electrons. The Morgan fingerprint density at radius 2 is 1.78 bits per heavy atom. The highest BCUT2D eigenvalue weighted by atomic mass is 35.5. The summed E-state index contributed by atoms with van der Waals surface area (Å²) in [7, 11) is 0.